The van der Waals surface area contributed by atoms with Crippen LogP contribution >= 0.6 is 0 Å². The van der Waals surface area contributed by atoms with Gasteiger partial charge in [-0.3, -0.25) is 0 Å². The predicted octanol–water partition coefficient (Wildman–Crippen LogP) is 3.14. The summed E-state index contributed by atoms with van der Waals surface area (Å²) in [5.74, 6) is -1.94. The highest BCUT2D eigenvalue weighted by Gasteiger charge is 2.14. The number of anilines is 1. The fraction of sp³-hybridized carbons (Fsp3) is 0.462. The minimum absolute atomic E-state index is 0.0317. The number of hydrogen-bond acceptors (Lipinski definition) is 2. The Bertz CT molecular complexity index is 441. The SMILES string of the molecule is COc1c(F)cc(NC(=O)NC(C)C(C)C)cc1F. The molecule has 1 unspecified atom stereocenters. The Kier molecular flexibility index (Phi) is 5.09. The molecule has 0 radical (unpaired) electrons. The van der Waals surface area contributed by atoms with Gasteiger partial charge in [-0.1, -0.05) is 13.8 Å². The summed E-state index contributed by atoms with van der Waals surface area (Å²) >= 11 is 0. The van der Waals surface area contributed by atoms with Gasteiger partial charge < -0.3 is 15.4 Å². The van der Waals surface area contributed by atoms with E-state index in [2.05, 4.69) is 15.4 Å². The summed E-state index contributed by atoms with van der Waals surface area (Å²) in [5, 5.41) is 5.04. The predicted molar refractivity (Wildman–Crippen MR) is 69.4 cm³/mol. The Morgan fingerprint density at radius 3 is 2.16 bits per heavy atom. The van der Waals surface area contributed by atoms with Gasteiger partial charge >= 0.3 is 6.03 Å². The summed E-state index contributed by atoms with van der Waals surface area (Å²) < 4.78 is 31.4. The van der Waals surface area contributed by atoms with Gasteiger partial charge in [0.2, 0.25) is 0 Å². The summed E-state index contributed by atoms with van der Waals surface area (Å²) in [6, 6.07) is 1.45. The minimum atomic E-state index is -0.866. The summed E-state index contributed by atoms with van der Waals surface area (Å²) in [7, 11) is 1.17. The average Bonchev–Trinajstić information content (AvgIpc) is 2.27. The van der Waals surface area contributed by atoms with E-state index in [0.717, 1.165) is 12.1 Å². The standard InChI is InChI=1S/C13H18F2N2O2/c1-7(2)8(3)16-13(18)17-9-5-10(14)12(19-4)11(15)6-9/h5-8H,1-4H3,(H2,16,17,18). The largest absolute Gasteiger partial charge is 0.491 e. The molecule has 0 saturated carbocycles. The van der Waals surface area contributed by atoms with Gasteiger partial charge in [0.05, 0.1) is 7.11 Å². The molecule has 0 aliphatic heterocycles. The number of carbonyl (C=O) groups is 1. The van der Waals surface area contributed by atoms with Gasteiger partial charge in [-0.2, -0.15) is 0 Å². The van der Waals surface area contributed by atoms with Crippen molar-refractivity contribution in [2.75, 3.05) is 12.4 Å². The zero-order valence-electron chi connectivity index (χ0n) is 11.4. The Balaban J connectivity index is 2.75. The van der Waals surface area contributed by atoms with Crippen LogP contribution in [-0.4, -0.2) is 19.2 Å². The molecule has 4 nitrogen and oxygen atoms in total. The number of amides is 2. The molecule has 2 N–H and O–H groups in total. The van der Waals surface area contributed by atoms with Crippen LogP contribution in [0, 0.1) is 17.6 Å². The number of methoxy groups -OCH3 is 1. The van der Waals surface area contributed by atoms with E-state index in [0.29, 0.717) is 0 Å². The van der Waals surface area contributed by atoms with Gasteiger partial charge in [-0.15, -0.1) is 0 Å². The number of nitrogens with one attached hydrogen (secondary N) is 2. The molecule has 0 aliphatic rings. The molecule has 19 heavy (non-hydrogen) atoms. The fourth-order valence-electron chi connectivity index (χ4n) is 1.37. The van der Waals surface area contributed by atoms with Crippen molar-refractivity contribution in [3.63, 3.8) is 0 Å². The molecule has 0 aromatic heterocycles. The first-order chi connectivity index (χ1) is 8.85. The second-order valence-corrected chi connectivity index (χ2v) is 4.60. The number of rotatable bonds is 4. The molecule has 1 atom stereocenters. The van der Waals surface area contributed by atoms with Crippen molar-refractivity contribution in [3.05, 3.63) is 23.8 Å². The second kappa shape index (κ2) is 6.36. The van der Waals surface area contributed by atoms with Gasteiger partial charge in [-0.05, 0) is 12.8 Å². The van der Waals surface area contributed by atoms with Crippen molar-refractivity contribution < 1.29 is 18.3 Å². The summed E-state index contributed by atoms with van der Waals surface area (Å²) in [6.45, 7) is 5.76. The maximum absolute atomic E-state index is 13.4. The third-order valence-corrected chi connectivity index (χ3v) is 2.82. The third kappa shape index (κ3) is 4.08. The van der Waals surface area contributed by atoms with Crippen molar-refractivity contribution >= 4 is 11.7 Å². The van der Waals surface area contributed by atoms with Gasteiger partial charge in [0, 0.05) is 23.9 Å². The maximum Gasteiger partial charge on any atom is 0.319 e. The van der Waals surface area contributed by atoms with Crippen LogP contribution in [0.1, 0.15) is 20.8 Å². The lowest BCUT2D eigenvalue weighted by atomic mass is 10.1. The molecule has 0 spiro atoms. The van der Waals surface area contributed by atoms with Gasteiger partial charge in [0.1, 0.15) is 0 Å². The van der Waals surface area contributed by atoms with E-state index in [1.807, 2.05) is 20.8 Å². The topological polar surface area (TPSA) is 50.4 Å². The fourth-order valence-corrected chi connectivity index (χ4v) is 1.37. The molecule has 0 saturated heterocycles. The quantitative estimate of drug-likeness (QED) is 0.884. The van der Waals surface area contributed by atoms with Crippen LogP contribution < -0.4 is 15.4 Å². The first-order valence-electron chi connectivity index (χ1n) is 5.95. The monoisotopic (exact) mass is 272 g/mol. The lowest BCUT2D eigenvalue weighted by molar-refractivity contribution is 0.246. The normalized spacial score (nSPS) is 12.2. The van der Waals surface area contributed by atoms with E-state index < -0.39 is 23.4 Å². The number of urea groups is 1. The van der Waals surface area contributed by atoms with Crippen molar-refractivity contribution in [2.45, 2.75) is 26.8 Å². The molecule has 0 bridgehead atoms. The molecule has 1 aromatic carbocycles. The van der Waals surface area contributed by atoms with E-state index in [1.54, 1.807) is 0 Å². The molecule has 0 heterocycles. The number of halogens is 2. The van der Waals surface area contributed by atoms with E-state index >= 15 is 0 Å². The highest BCUT2D eigenvalue weighted by Crippen LogP contribution is 2.25. The van der Waals surface area contributed by atoms with E-state index in [9.17, 15) is 13.6 Å². The van der Waals surface area contributed by atoms with Gasteiger partial charge in [0.25, 0.3) is 0 Å². The van der Waals surface area contributed by atoms with Crippen LogP contribution in [0.15, 0.2) is 12.1 Å². The van der Waals surface area contributed by atoms with Crippen molar-refractivity contribution in [2.24, 2.45) is 5.92 Å². The summed E-state index contributed by atoms with van der Waals surface area (Å²) in [5.41, 5.74) is 0.0317. The van der Waals surface area contributed by atoms with E-state index in [-0.39, 0.29) is 17.6 Å². The van der Waals surface area contributed by atoms with Crippen LogP contribution in [0.5, 0.6) is 5.75 Å². The lowest BCUT2D eigenvalue weighted by Gasteiger charge is -2.18. The smallest absolute Gasteiger partial charge is 0.319 e. The van der Waals surface area contributed by atoms with Crippen molar-refractivity contribution in [1.82, 2.24) is 5.32 Å². The number of carbonyl (C=O) groups excluding carboxylic acids is 1. The summed E-state index contributed by atoms with van der Waals surface area (Å²) in [6.07, 6.45) is 0. The Labute approximate surface area is 111 Å². The Morgan fingerprint density at radius 1 is 1.21 bits per heavy atom. The Hall–Kier alpha value is -1.85. The number of benzene rings is 1. The minimum Gasteiger partial charge on any atom is -0.491 e. The molecule has 0 aliphatic carbocycles. The van der Waals surface area contributed by atoms with E-state index in [1.165, 1.54) is 7.11 Å². The zero-order chi connectivity index (χ0) is 14.6. The summed E-state index contributed by atoms with van der Waals surface area (Å²) in [4.78, 5) is 11.6. The molecule has 6 heteroatoms. The van der Waals surface area contributed by atoms with Gasteiger partial charge in [-0.25, -0.2) is 13.6 Å². The highest BCUT2D eigenvalue weighted by atomic mass is 19.1. The number of ether oxygens (including phenoxy) is 1. The van der Waals surface area contributed by atoms with E-state index in [4.69, 9.17) is 0 Å². The molecular formula is C13H18F2N2O2. The van der Waals surface area contributed by atoms with Gasteiger partial charge in [0.15, 0.2) is 17.4 Å². The van der Waals surface area contributed by atoms with Crippen LogP contribution in [0.4, 0.5) is 19.3 Å². The third-order valence-electron chi connectivity index (χ3n) is 2.82. The van der Waals surface area contributed by atoms with Crippen LogP contribution in [0.25, 0.3) is 0 Å². The second-order valence-electron chi connectivity index (χ2n) is 4.60. The van der Waals surface area contributed by atoms with Crippen LogP contribution in [0.2, 0.25) is 0 Å². The highest BCUT2D eigenvalue weighted by molar-refractivity contribution is 5.89. The van der Waals surface area contributed by atoms with Crippen LogP contribution in [-0.2, 0) is 0 Å². The zero-order valence-corrected chi connectivity index (χ0v) is 11.4. The molecule has 1 aromatic rings. The molecular weight excluding hydrogens is 254 g/mol. The first kappa shape index (κ1) is 15.2. The van der Waals surface area contributed by atoms with Crippen molar-refractivity contribution in [3.8, 4) is 5.75 Å². The van der Waals surface area contributed by atoms with Crippen LogP contribution in [0.3, 0.4) is 0 Å². The van der Waals surface area contributed by atoms with Crippen molar-refractivity contribution in [1.29, 1.82) is 0 Å². The molecule has 1 rings (SSSR count). The molecule has 0 fully saturated rings. The Morgan fingerprint density at radius 2 is 1.74 bits per heavy atom. The first-order valence-corrected chi connectivity index (χ1v) is 5.95. The maximum atomic E-state index is 13.4. The molecule has 2 amide bonds. The molecule has 106 valence electrons. The lowest BCUT2D eigenvalue weighted by Crippen LogP contribution is -2.39. The average molecular weight is 272 g/mol. The number of hydrogen-bond donors (Lipinski definition) is 2.